The lowest BCUT2D eigenvalue weighted by molar-refractivity contribution is 0.0877. The Bertz CT molecular complexity index is 1320. The SMILES string of the molecule is CCOc1ccccc1/C=C1\Oc2c(cc3c(c2C)OCN(Cc2ccc(Cl)cc2Cl)C3)C1=O. The number of halogens is 2. The van der Waals surface area contributed by atoms with Gasteiger partial charge in [0.15, 0.2) is 5.76 Å². The van der Waals surface area contributed by atoms with Crippen molar-refractivity contribution >= 4 is 35.1 Å². The zero-order valence-electron chi connectivity index (χ0n) is 18.9. The van der Waals surface area contributed by atoms with Crippen LogP contribution in [-0.4, -0.2) is 24.0 Å². The van der Waals surface area contributed by atoms with Gasteiger partial charge in [-0.05, 0) is 49.8 Å². The topological polar surface area (TPSA) is 48.0 Å². The number of hydrogen-bond acceptors (Lipinski definition) is 5. The number of carbonyl (C=O) groups excluding carboxylic acids is 1. The van der Waals surface area contributed by atoms with E-state index in [-0.39, 0.29) is 11.5 Å². The molecule has 0 saturated carbocycles. The van der Waals surface area contributed by atoms with Crippen molar-refractivity contribution in [3.8, 4) is 17.2 Å². The summed E-state index contributed by atoms with van der Waals surface area (Å²) in [6, 6.07) is 14.9. The minimum absolute atomic E-state index is 0.148. The smallest absolute Gasteiger partial charge is 0.231 e. The number of Topliss-reactive ketones (excluding diaryl/α,β-unsaturated/α-hetero) is 1. The number of rotatable bonds is 5. The minimum Gasteiger partial charge on any atom is -0.493 e. The summed E-state index contributed by atoms with van der Waals surface area (Å²) in [4.78, 5) is 15.4. The van der Waals surface area contributed by atoms with Crippen molar-refractivity contribution in [2.45, 2.75) is 26.9 Å². The normalized spacial score (nSPS) is 16.1. The Morgan fingerprint density at radius 3 is 2.74 bits per heavy atom. The van der Waals surface area contributed by atoms with Gasteiger partial charge >= 0.3 is 0 Å². The Labute approximate surface area is 208 Å². The molecule has 5 rings (SSSR count). The van der Waals surface area contributed by atoms with E-state index >= 15 is 0 Å². The monoisotopic (exact) mass is 495 g/mol. The molecule has 0 aliphatic carbocycles. The number of para-hydroxylation sites is 1. The maximum atomic E-state index is 13.2. The zero-order valence-corrected chi connectivity index (χ0v) is 20.4. The van der Waals surface area contributed by atoms with Gasteiger partial charge in [0.2, 0.25) is 5.78 Å². The minimum atomic E-state index is -0.148. The van der Waals surface area contributed by atoms with Gasteiger partial charge in [0.25, 0.3) is 0 Å². The fraction of sp³-hybridized carbons (Fsp3) is 0.222. The number of carbonyl (C=O) groups is 1. The third-order valence-corrected chi connectivity index (χ3v) is 6.50. The first kappa shape index (κ1) is 22.8. The molecule has 0 saturated heterocycles. The maximum Gasteiger partial charge on any atom is 0.231 e. The molecule has 5 nitrogen and oxygen atoms in total. The van der Waals surface area contributed by atoms with Crippen LogP contribution in [0.5, 0.6) is 17.2 Å². The summed E-state index contributed by atoms with van der Waals surface area (Å²) in [5, 5.41) is 1.22. The first-order chi connectivity index (χ1) is 16.4. The van der Waals surface area contributed by atoms with Crippen LogP contribution in [0.1, 0.15) is 39.5 Å². The third-order valence-electron chi connectivity index (χ3n) is 5.92. The first-order valence-electron chi connectivity index (χ1n) is 11.1. The molecule has 34 heavy (non-hydrogen) atoms. The van der Waals surface area contributed by atoms with Crippen LogP contribution in [0.25, 0.3) is 6.08 Å². The Hall–Kier alpha value is -2.99. The van der Waals surface area contributed by atoms with E-state index in [1.165, 1.54) is 0 Å². The second-order valence-corrected chi connectivity index (χ2v) is 9.12. The van der Waals surface area contributed by atoms with Crippen LogP contribution in [0.2, 0.25) is 10.0 Å². The Balaban J connectivity index is 1.42. The predicted molar refractivity (Wildman–Crippen MR) is 133 cm³/mol. The van der Waals surface area contributed by atoms with Gasteiger partial charge in [-0.2, -0.15) is 0 Å². The summed E-state index contributed by atoms with van der Waals surface area (Å²) >= 11 is 12.4. The molecule has 3 aromatic carbocycles. The van der Waals surface area contributed by atoms with Crippen LogP contribution in [0.3, 0.4) is 0 Å². The van der Waals surface area contributed by atoms with Crippen LogP contribution in [0.4, 0.5) is 0 Å². The molecule has 0 atom stereocenters. The Morgan fingerprint density at radius 2 is 1.94 bits per heavy atom. The van der Waals surface area contributed by atoms with Crippen molar-refractivity contribution in [1.29, 1.82) is 0 Å². The van der Waals surface area contributed by atoms with Gasteiger partial charge in [0.1, 0.15) is 24.0 Å². The van der Waals surface area contributed by atoms with E-state index in [2.05, 4.69) is 4.90 Å². The highest BCUT2D eigenvalue weighted by molar-refractivity contribution is 6.35. The lowest BCUT2D eigenvalue weighted by Gasteiger charge is -2.30. The van der Waals surface area contributed by atoms with Gasteiger partial charge in [0, 0.05) is 39.8 Å². The van der Waals surface area contributed by atoms with E-state index in [4.69, 9.17) is 37.4 Å². The molecule has 7 heteroatoms. The molecule has 0 spiro atoms. The number of nitrogens with zero attached hydrogens (tertiary/aromatic N) is 1. The molecule has 0 amide bonds. The number of fused-ring (bicyclic) bond motifs is 2. The zero-order chi connectivity index (χ0) is 23.8. The summed E-state index contributed by atoms with van der Waals surface area (Å²) < 4.78 is 17.8. The molecule has 0 radical (unpaired) electrons. The fourth-order valence-corrected chi connectivity index (χ4v) is 4.78. The van der Waals surface area contributed by atoms with E-state index in [0.717, 1.165) is 28.0 Å². The predicted octanol–water partition coefficient (Wildman–Crippen LogP) is 6.67. The molecule has 0 bridgehead atoms. The third kappa shape index (κ3) is 4.27. The molecule has 0 N–H and O–H groups in total. The van der Waals surface area contributed by atoms with Crippen molar-refractivity contribution in [1.82, 2.24) is 4.90 Å². The number of benzene rings is 3. The summed E-state index contributed by atoms with van der Waals surface area (Å²) in [7, 11) is 0. The molecule has 2 aliphatic heterocycles. The van der Waals surface area contributed by atoms with E-state index in [0.29, 0.717) is 53.5 Å². The first-order valence-corrected chi connectivity index (χ1v) is 11.8. The number of ketones is 1. The molecule has 0 unspecified atom stereocenters. The number of allylic oxidation sites excluding steroid dienone is 1. The number of ether oxygens (including phenoxy) is 3. The van der Waals surface area contributed by atoms with Crippen molar-refractivity contribution in [2.75, 3.05) is 13.3 Å². The molecule has 2 heterocycles. The second kappa shape index (κ2) is 9.34. The van der Waals surface area contributed by atoms with Crippen LogP contribution >= 0.6 is 23.2 Å². The average Bonchev–Trinajstić information content (AvgIpc) is 3.13. The van der Waals surface area contributed by atoms with Crippen molar-refractivity contribution < 1.29 is 19.0 Å². The maximum absolute atomic E-state index is 13.2. The number of hydrogen-bond donors (Lipinski definition) is 0. The van der Waals surface area contributed by atoms with Crippen LogP contribution < -0.4 is 14.2 Å². The Morgan fingerprint density at radius 1 is 1.12 bits per heavy atom. The van der Waals surface area contributed by atoms with E-state index in [1.54, 1.807) is 12.1 Å². The average molecular weight is 496 g/mol. The Kier molecular flexibility index (Phi) is 6.26. The summed E-state index contributed by atoms with van der Waals surface area (Å²) in [5.41, 5.74) is 4.08. The van der Waals surface area contributed by atoms with Gasteiger partial charge in [-0.3, -0.25) is 9.69 Å². The van der Waals surface area contributed by atoms with Crippen LogP contribution in [0, 0.1) is 6.92 Å². The molecular formula is C27H23Cl2NO4. The largest absolute Gasteiger partial charge is 0.493 e. The van der Waals surface area contributed by atoms with Crippen molar-refractivity contribution in [3.63, 3.8) is 0 Å². The molecular weight excluding hydrogens is 473 g/mol. The van der Waals surface area contributed by atoms with Crippen LogP contribution in [-0.2, 0) is 13.1 Å². The lowest BCUT2D eigenvalue weighted by Crippen LogP contribution is -2.32. The van der Waals surface area contributed by atoms with Crippen molar-refractivity contribution in [2.24, 2.45) is 0 Å². The highest BCUT2D eigenvalue weighted by atomic mass is 35.5. The lowest BCUT2D eigenvalue weighted by atomic mass is 9.99. The van der Waals surface area contributed by atoms with E-state index < -0.39 is 0 Å². The fourth-order valence-electron chi connectivity index (χ4n) is 4.32. The standard InChI is InChI=1S/C27H23Cl2NO4/c1-3-32-23-7-5-4-6-17(23)11-24-25(31)21-10-19-14-30(13-18-8-9-20(28)12-22(18)29)15-33-26(19)16(2)27(21)34-24/h4-12H,3,13-15H2,1-2H3/b24-11-. The van der Waals surface area contributed by atoms with E-state index in [1.807, 2.05) is 56.3 Å². The van der Waals surface area contributed by atoms with Gasteiger partial charge in [-0.15, -0.1) is 0 Å². The molecule has 2 aliphatic rings. The van der Waals surface area contributed by atoms with Crippen LogP contribution in [0.15, 0.2) is 54.3 Å². The summed E-state index contributed by atoms with van der Waals surface area (Å²) in [6.07, 6.45) is 1.74. The molecule has 0 fully saturated rings. The molecule has 0 aromatic heterocycles. The van der Waals surface area contributed by atoms with E-state index in [9.17, 15) is 4.79 Å². The second-order valence-electron chi connectivity index (χ2n) is 8.27. The highest BCUT2D eigenvalue weighted by Crippen LogP contribution is 2.43. The molecule has 3 aromatic rings. The van der Waals surface area contributed by atoms with Gasteiger partial charge in [0.05, 0.1) is 12.2 Å². The summed E-state index contributed by atoms with van der Waals surface area (Å²) in [6.45, 7) is 6.03. The van der Waals surface area contributed by atoms with Gasteiger partial charge in [-0.25, -0.2) is 0 Å². The molecule has 174 valence electrons. The van der Waals surface area contributed by atoms with Crippen molar-refractivity contribution in [3.05, 3.63) is 92.2 Å². The summed E-state index contributed by atoms with van der Waals surface area (Å²) in [5.74, 6) is 2.15. The highest BCUT2D eigenvalue weighted by Gasteiger charge is 2.33. The van der Waals surface area contributed by atoms with Gasteiger partial charge < -0.3 is 14.2 Å². The quantitative estimate of drug-likeness (QED) is 0.370. The van der Waals surface area contributed by atoms with Gasteiger partial charge in [-0.1, -0.05) is 47.5 Å².